The van der Waals surface area contributed by atoms with Crippen LogP contribution in [0.25, 0.3) is 0 Å². The number of hydrogen-bond acceptors (Lipinski definition) is 4. The van der Waals surface area contributed by atoms with E-state index in [1.807, 2.05) is 30.3 Å². The number of nitrogens with zero attached hydrogens (tertiary/aromatic N) is 3. The Morgan fingerprint density at radius 2 is 1.50 bits per heavy atom. The fraction of sp³-hybridized carbons (Fsp3) is 0.412. The molecule has 2 N–H and O–H groups in total. The Balaban J connectivity index is 1.43. The number of carbonyl (C=O) groups excluding carboxylic acids is 2. The molecule has 1 fully saturated rings. The van der Waals surface area contributed by atoms with E-state index >= 15 is 0 Å². The van der Waals surface area contributed by atoms with Crippen LogP contribution in [0.1, 0.15) is 45.0 Å². The van der Waals surface area contributed by atoms with Crippen LogP contribution in [0.15, 0.2) is 66.7 Å². The summed E-state index contributed by atoms with van der Waals surface area (Å²) in [4.78, 5) is 30.6. The maximum atomic E-state index is 13.4. The number of alkyl halides is 6. The summed E-state index contributed by atoms with van der Waals surface area (Å²) in [5.41, 5.74) is -0.678. The average molecular weight is 698 g/mol. The topological polar surface area (TPSA) is 67.9 Å². The van der Waals surface area contributed by atoms with Crippen LogP contribution in [0, 0.1) is 0 Å². The number of carbonyl (C=O) groups is 2. The highest BCUT2D eigenvalue weighted by Crippen LogP contribution is 2.37. The van der Waals surface area contributed by atoms with Gasteiger partial charge >= 0.3 is 18.4 Å². The van der Waals surface area contributed by atoms with Crippen molar-refractivity contribution < 1.29 is 35.9 Å². The molecule has 4 rings (SSSR count). The molecule has 0 bridgehead atoms. The average Bonchev–Trinajstić information content (AvgIpc) is 3.06. The Bertz CT molecular complexity index is 1510. The molecular weight excluding hydrogens is 660 g/mol. The fourth-order valence-electron chi connectivity index (χ4n) is 5.79. The molecule has 1 atom stereocenters. The first-order valence-corrected chi connectivity index (χ1v) is 15.8. The van der Waals surface area contributed by atoms with E-state index in [1.165, 1.54) is 11.9 Å². The second-order valence-electron chi connectivity index (χ2n) is 11.7. The normalized spacial score (nSPS) is 14.8. The minimum Gasteiger partial charge on any atom is -0.369 e. The van der Waals surface area contributed by atoms with Crippen molar-refractivity contribution in [3.63, 3.8) is 0 Å². The van der Waals surface area contributed by atoms with Gasteiger partial charge in [0.2, 0.25) is 0 Å². The number of halogens is 7. The van der Waals surface area contributed by atoms with Crippen LogP contribution >= 0.6 is 11.6 Å². The van der Waals surface area contributed by atoms with Gasteiger partial charge in [-0.3, -0.25) is 9.69 Å². The summed E-state index contributed by atoms with van der Waals surface area (Å²) in [7, 11) is 2.94. The number of hydrogen-bond donors (Lipinski definition) is 2. The Labute approximate surface area is 280 Å². The van der Waals surface area contributed by atoms with Crippen molar-refractivity contribution in [2.75, 3.05) is 64.8 Å². The van der Waals surface area contributed by atoms with Gasteiger partial charge in [-0.05, 0) is 66.9 Å². The molecule has 3 amide bonds. The van der Waals surface area contributed by atoms with Gasteiger partial charge < -0.3 is 20.4 Å². The number of nitrogens with one attached hydrogen (secondary N) is 2. The van der Waals surface area contributed by atoms with Crippen LogP contribution in [-0.2, 0) is 18.8 Å². The lowest BCUT2D eigenvalue weighted by Crippen LogP contribution is -2.47. The first-order chi connectivity index (χ1) is 22.7. The molecule has 0 aliphatic carbocycles. The molecule has 0 saturated carbocycles. The van der Waals surface area contributed by atoms with Crippen molar-refractivity contribution in [2.45, 2.75) is 31.1 Å². The summed E-state index contributed by atoms with van der Waals surface area (Å²) in [6, 6.07) is 15.8. The van der Waals surface area contributed by atoms with Gasteiger partial charge in [0.05, 0.1) is 11.1 Å². The number of anilines is 1. The molecule has 1 aliphatic rings. The largest absolute Gasteiger partial charge is 0.416 e. The zero-order valence-corrected chi connectivity index (χ0v) is 27.4. The van der Waals surface area contributed by atoms with Gasteiger partial charge in [0.1, 0.15) is 0 Å². The molecule has 260 valence electrons. The standard InChI is InChI=1S/C34H38ClF6N5O2/c1-42-32(48)43-13-11-24-5-3-4-6-30(24)46-17-15-45(16-18-46)14-12-25(23-7-9-29(35)10-8-23)22-44(2)31(47)26-19-27(33(36,37)38)21-28(20-26)34(39,40)41/h3-10,19-21,25H,11-18,22H2,1-2H3,(H2,42,43,48)/t25-/m1/s1. The molecule has 3 aromatic carbocycles. The van der Waals surface area contributed by atoms with Crippen molar-refractivity contribution in [3.05, 3.63) is 99.6 Å². The van der Waals surface area contributed by atoms with Crippen LogP contribution in [0.5, 0.6) is 0 Å². The van der Waals surface area contributed by atoms with E-state index in [2.05, 4.69) is 26.5 Å². The van der Waals surface area contributed by atoms with Gasteiger partial charge in [-0.25, -0.2) is 4.79 Å². The molecule has 48 heavy (non-hydrogen) atoms. The summed E-state index contributed by atoms with van der Waals surface area (Å²) in [6.07, 6.45) is -8.86. The molecule has 0 aromatic heterocycles. The molecular formula is C34H38ClF6N5O2. The van der Waals surface area contributed by atoms with Crippen molar-refractivity contribution in [1.82, 2.24) is 20.4 Å². The number of likely N-dealkylation sites (N-methyl/N-ethyl adjacent to an activating group) is 1. The monoisotopic (exact) mass is 697 g/mol. The number of benzene rings is 3. The number of piperazine rings is 1. The first kappa shape index (κ1) is 36.9. The van der Waals surface area contributed by atoms with Crippen LogP contribution in [0.4, 0.5) is 36.8 Å². The summed E-state index contributed by atoms with van der Waals surface area (Å²) in [6.45, 7) is 4.27. The van der Waals surface area contributed by atoms with Gasteiger partial charge in [0, 0.05) is 75.6 Å². The van der Waals surface area contributed by atoms with Crippen LogP contribution in [0.3, 0.4) is 0 Å². The quantitative estimate of drug-likeness (QED) is 0.214. The molecule has 1 heterocycles. The van der Waals surface area contributed by atoms with Gasteiger partial charge in [0.15, 0.2) is 0 Å². The number of rotatable bonds is 11. The van der Waals surface area contributed by atoms with Gasteiger partial charge in [0.25, 0.3) is 5.91 Å². The lowest BCUT2D eigenvalue weighted by molar-refractivity contribution is -0.143. The van der Waals surface area contributed by atoms with E-state index in [0.717, 1.165) is 43.0 Å². The lowest BCUT2D eigenvalue weighted by atomic mass is 9.94. The molecule has 1 aliphatic heterocycles. The number of para-hydroxylation sites is 1. The van der Waals surface area contributed by atoms with Gasteiger partial charge in [-0.1, -0.05) is 41.9 Å². The van der Waals surface area contributed by atoms with Crippen LogP contribution in [-0.4, -0.2) is 81.6 Å². The van der Waals surface area contributed by atoms with Crippen molar-refractivity contribution in [1.29, 1.82) is 0 Å². The van der Waals surface area contributed by atoms with E-state index in [0.29, 0.717) is 43.1 Å². The molecule has 0 unspecified atom stereocenters. The van der Waals surface area contributed by atoms with E-state index in [1.54, 1.807) is 19.2 Å². The molecule has 1 saturated heterocycles. The SMILES string of the molecule is CNC(=O)NCCc1ccccc1N1CCN(CC[C@H](CN(C)C(=O)c2cc(C(F)(F)F)cc(C(F)(F)F)c2)c2ccc(Cl)cc2)CC1. The van der Waals surface area contributed by atoms with Crippen molar-refractivity contribution in [3.8, 4) is 0 Å². The van der Waals surface area contributed by atoms with E-state index in [9.17, 15) is 35.9 Å². The summed E-state index contributed by atoms with van der Waals surface area (Å²) >= 11 is 6.10. The predicted octanol–water partition coefficient (Wildman–Crippen LogP) is 6.92. The van der Waals surface area contributed by atoms with E-state index < -0.39 is 35.0 Å². The molecule has 14 heteroatoms. The lowest BCUT2D eigenvalue weighted by Gasteiger charge is -2.38. The van der Waals surface area contributed by atoms with Crippen molar-refractivity contribution >= 4 is 29.2 Å². The zero-order valence-electron chi connectivity index (χ0n) is 26.6. The predicted molar refractivity (Wildman–Crippen MR) is 173 cm³/mol. The summed E-state index contributed by atoms with van der Waals surface area (Å²) < 4.78 is 80.7. The highest BCUT2D eigenvalue weighted by atomic mass is 35.5. The van der Waals surface area contributed by atoms with E-state index in [-0.39, 0.29) is 24.6 Å². The van der Waals surface area contributed by atoms with Crippen LogP contribution in [0.2, 0.25) is 5.02 Å². The summed E-state index contributed by atoms with van der Waals surface area (Å²) in [5.74, 6) is -1.21. The Kier molecular flexibility index (Phi) is 12.2. The third kappa shape index (κ3) is 10.0. The highest BCUT2D eigenvalue weighted by Gasteiger charge is 2.38. The Morgan fingerprint density at radius 3 is 2.08 bits per heavy atom. The van der Waals surface area contributed by atoms with E-state index in [4.69, 9.17) is 11.6 Å². The summed E-state index contributed by atoms with van der Waals surface area (Å²) in [5, 5.41) is 5.85. The molecule has 0 radical (unpaired) electrons. The highest BCUT2D eigenvalue weighted by molar-refractivity contribution is 6.30. The Morgan fingerprint density at radius 1 is 0.896 bits per heavy atom. The minimum atomic E-state index is -5.06. The molecule has 7 nitrogen and oxygen atoms in total. The third-order valence-corrected chi connectivity index (χ3v) is 8.67. The zero-order chi connectivity index (χ0) is 35.1. The third-order valence-electron chi connectivity index (χ3n) is 8.42. The number of urea groups is 1. The maximum Gasteiger partial charge on any atom is 0.416 e. The smallest absolute Gasteiger partial charge is 0.369 e. The van der Waals surface area contributed by atoms with Gasteiger partial charge in [-0.15, -0.1) is 0 Å². The molecule has 3 aromatic rings. The van der Waals surface area contributed by atoms with Crippen LogP contribution < -0.4 is 15.5 Å². The second kappa shape index (κ2) is 16.0. The Hall–Kier alpha value is -3.97. The van der Waals surface area contributed by atoms with Gasteiger partial charge in [-0.2, -0.15) is 26.3 Å². The fourth-order valence-corrected chi connectivity index (χ4v) is 5.92. The minimum absolute atomic E-state index is 0.0102. The van der Waals surface area contributed by atoms with Crippen molar-refractivity contribution in [2.24, 2.45) is 0 Å². The molecule has 0 spiro atoms. The first-order valence-electron chi connectivity index (χ1n) is 15.5. The number of amides is 3. The second-order valence-corrected chi connectivity index (χ2v) is 12.2. The maximum absolute atomic E-state index is 13.4.